The number of aliphatic imine (C=N–C) groups is 1. The smallest absolute Gasteiger partial charge is 0.282 e. The van der Waals surface area contributed by atoms with Crippen LogP contribution in [0.5, 0.6) is 0 Å². The van der Waals surface area contributed by atoms with Gasteiger partial charge in [0.1, 0.15) is 5.70 Å². The fourth-order valence-corrected chi connectivity index (χ4v) is 1.67. The van der Waals surface area contributed by atoms with Gasteiger partial charge in [-0.05, 0) is 0 Å². The summed E-state index contributed by atoms with van der Waals surface area (Å²) in [5, 5.41) is 2.23. The topological polar surface area (TPSA) is 61.8 Å². The zero-order valence-electron chi connectivity index (χ0n) is 6.13. The molecule has 0 unspecified atom stereocenters. The summed E-state index contributed by atoms with van der Waals surface area (Å²) >= 11 is 0. The van der Waals surface area contributed by atoms with Gasteiger partial charge in [0.2, 0.25) is 0 Å². The van der Waals surface area contributed by atoms with Gasteiger partial charge in [0.05, 0.1) is 12.2 Å². The molecule has 4 aliphatic rings. The molecular formula is C7H5N3O2. The first kappa shape index (κ1) is 5.93. The SMILES string of the molecule is O=C1NC(=O)N2CC3=NC(=C12)C3. The highest BCUT2D eigenvalue weighted by Gasteiger charge is 2.42. The zero-order valence-corrected chi connectivity index (χ0v) is 6.13. The fourth-order valence-electron chi connectivity index (χ4n) is 1.67. The molecule has 60 valence electrons. The van der Waals surface area contributed by atoms with Crippen molar-refractivity contribution in [2.45, 2.75) is 6.42 Å². The molecule has 0 radical (unpaired) electrons. The molecule has 4 heterocycles. The third-order valence-electron chi connectivity index (χ3n) is 2.23. The lowest BCUT2D eigenvalue weighted by Gasteiger charge is -2.30. The molecular weight excluding hydrogens is 158 g/mol. The second-order valence-corrected chi connectivity index (χ2v) is 3.00. The van der Waals surface area contributed by atoms with Gasteiger partial charge in [0, 0.05) is 12.1 Å². The van der Waals surface area contributed by atoms with Crippen LogP contribution >= 0.6 is 0 Å². The number of urea groups is 1. The molecule has 1 fully saturated rings. The van der Waals surface area contributed by atoms with E-state index in [9.17, 15) is 9.59 Å². The molecule has 0 aliphatic carbocycles. The monoisotopic (exact) mass is 163 g/mol. The first-order valence-electron chi connectivity index (χ1n) is 3.68. The Morgan fingerprint density at radius 2 is 2.17 bits per heavy atom. The minimum absolute atomic E-state index is 0.308. The first-order valence-corrected chi connectivity index (χ1v) is 3.68. The van der Waals surface area contributed by atoms with Gasteiger partial charge in [-0.15, -0.1) is 0 Å². The number of rotatable bonds is 0. The lowest BCUT2D eigenvalue weighted by atomic mass is 10.0. The van der Waals surface area contributed by atoms with E-state index < -0.39 is 0 Å². The van der Waals surface area contributed by atoms with Crippen LogP contribution in [0.1, 0.15) is 6.42 Å². The van der Waals surface area contributed by atoms with E-state index in [4.69, 9.17) is 0 Å². The Labute approximate surface area is 67.7 Å². The Balaban J connectivity index is 2.19. The summed E-state index contributed by atoms with van der Waals surface area (Å²) in [5.41, 5.74) is 2.19. The van der Waals surface area contributed by atoms with Gasteiger partial charge >= 0.3 is 6.03 Å². The van der Waals surface area contributed by atoms with Crippen LogP contribution in [0.25, 0.3) is 0 Å². The van der Waals surface area contributed by atoms with E-state index in [-0.39, 0.29) is 11.9 Å². The molecule has 0 atom stereocenters. The summed E-state index contributed by atoms with van der Waals surface area (Å²) in [7, 11) is 0. The normalized spacial score (nSPS) is 25.0. The van der Waals surface area contributed by atoms with Gasteiger partial charge < -0.3 is 0 Å². The Morgan fingerprint density at radius 3 is 2.83 bits per heavy atom. The first-order chi connectivity index (χ1) is 5.75. The third-order valence-corrected chi connectivity index (χ3v) is 2.23. The summed E-state index contributed by atoms with van der Waals surface area (Å²) in [5.74, 6) is -0.308. The number of hydrogen-bond acceptors (Lipinski definition) is 3. The number of nitrogens with zero attached hydrogens (tertiary/aromatic N) is 2. The van der Waals surface area contributed by atoms with Crippen molar-refractivity contribution < 1.29 is 9.59 Å². The number of carbonyl (C=O) groups excluding carboxylic acids is 2. The molecule has 5 nitrogen and oxygen atoms in total. The second-order valence-electron chi connectivity index (χ2n) is 3.00. The van der Waals surface area contributed by atoms with Crippen LogP contribution in [0.3, 0.4) is 0 Å². The lowest BCUT2D eigenvalue weighted by Crippen LogP contribution is -2.39. The van der Waals surface area contributed by atoms with Crippen LogP contribution in [-0.2, 0) is 4.79 Å². The molecule has 0 aromatic rings. The molecule has 0 aromatic heterocycles. The Hall–Kier alpha value is -1.65. The number of amides is 3. The van der Waals surface area contributed by atoms with Gasteiger partial charge in [0.25, 0.3) is 5.91 Å². The minimum atomic E-state index is -0.320. The van der Waals surface area contributed by atoms with E-state index in [2.05, 4.69) is 10.3 Å². The molecule has 4 rings (SSSR count). The Bertz CT molecular complexity index is 380. The molecule has 0 spiro atoms. The summed E-state index contributed by atoms with van der Waals surface area (Å²) in [4.78, 5) is 27.8. The van der Waals surface area contributed by atoms with Crippen LogP contribution < -0.4 is 5.32 Å². The molecule has 0 aromatic carbocycles. The maximum atomic E-state index is 11.2. The second kappa shape index (κ2) is 1.57. The zero-order chi connectivity index (χ0) is 8.29. The Morgan fingerprint density at radius 1 is 1.42 bits per heavy atom. The predicted octanol–water partition coefficient (Wildman–Crippen LogP) is -0.392. The van der Waals surface area contributed by atoms with E-state index in [0.29, 0.717) is 12.2 Å². The maximum absolute atomic E-state index is 11.2. The van der Waals surface area contributed by atoms with E-state index in [0.717, 1.165) is 17.8 Å². The number of allylic oxidation sites excluding steroid dienone is 1. The summed E-state index contributed by atoms with van der Waals surface area (Å²) in [6.07, 6.45) is 0.770. The van der Waals surface area contributed by atoms with E-state index >= 15 is 0 Å². The van der Waals surface area contributed by atoms with Crippen molar-refractivity contribution >= 4 is 17.6 Å². The number of carbonyl (C=O) groups is 2. The quantitative estimate of drug-likeness (QED) is 0.494. The summed E-state index contributed by atoms with van der Waals surface area (Å²) in [6.45, 7) is 0.483. The van der Waals surface area contributed by atoms with Crippen LogP contribution in [0, 0.1) is 0 Å². The Kier molecular flexibility index (Phi) is 0.778. The van der Waals surface area contributed by atoms with Gasteiger partial charge in [-0.3, -0.25) is 20.0 Å². The third kappa shape index (κ3) is 0.490. The molecule has 3 amide bonds. The van der Waals surface area contributed by atoms with Crippen molar-refractivity contribution in [2.24, 2.45) is 4.99 Å². The van der Waals surface area contributed by atoms with Crippen molar-refractivity contribution in [2.75, 3.05) is 6.54 Å². The number of hydrogen-bond donors (Lipinski definition) is 1. The van der Waals surface area contributed by atoms with Crippen LogP contribution in [0.15, 0.2) is 16.4 Å². The molecule has 0 saturated carbocycles. The van der Waals surface area contributed by atoms with E-state index in [1.807, 2.05) is 0 Å². The van der Waals surface area contributed by atoms with Crippen LogP contribution in [0.2, 0.25) is 0 Å². The van der Waals surface area contributed by atoms with Crippen molar-refractivity contribution in [1.82, 2.24) is 10.2 Å². The fraction of sp³-hybridized carbons (Fsp3) is 0.286. The molecule has 2 bridgehead atoms. The highest BCUT2D eigenvalue weighted by Crippen LogP contribution is 2.32. The van der Waals surface area contributed by atoms with Gasteiger partial charge in [-0.1, -0.05) is 0 Å². The molecule has 1 N–H and O–H groups in total. The van der Waals surface area contributed by atoms with Crippen molar-refractivity contribution in [3.05, 3.63) is 11.4 Å². The van der Waals surface area contributed by atoms with Crippen LogP contribution in [-0.4, -0.2) is 29.1 Å². The highest BCUT2D eigenvalue weighted by molar-refractivity contribution is 6.16. The lowest BCUT2D eigenvalue weighted by molar-refractivity contribution is -0.116. The molecule has 4 aliphatic heterocycles. The van der Waals surface area contributed by atoms with Gasteiger partial charge in [-0.2, -0.15) is 0 Å². The molecule has 1 saturated heterocycles. The molecule has 5 heteroatoms. The van der Waals surface area contributed by atoms with Crippen molar-refractivity contribution in [3.63, 3.8) is 0 Å². The van der Waals surface area contributed by atoms with Gasteiger partial charge in [-0.25, -0.2) is 4.79 Å². The van der Waals surface area contributed by atoms with Crippen LogP contribution in [0.4, 0.5) is 4.79 Å². The number of nitrogens with one attached hydrogen (secondary N) is 1. The summed E-state index contributed by atoms with van der Waals surface area (Å²) < 4.78 is 0. The van der Waals surface area contributed by atoms with E-state index in [1.54, 1.807) is 0 Å². The predicted molar refractivity (Wildman–Crippen MR) is 39.3 cm³/mol. The maximum Gasteiger partial charge on any atom is 0.329 e. The van der Waals surface area contributed by atoms with Crippen molar-refractivity contribution in [1.29, 1.82) is 0 Å². The number of imide groups is 1. The summed E-state index contributed by atoms with van der Waals surface area (Å²) in [6, 6.07) is -0.320. The van der Waals surface area contributed by atoms with E-state index in [1.165, 1.54) is 4.90 Å². The minimum Gasteiger partial charge on any atom is -0.282 e. The average molecular weight is 163 g/mol. The largest absolute Gasteiger partial charge is 0.329 e. The highest BCUT2D eigenvalue weighted by atomic mass is 16.2. The van der Waals surface area contributed by atoms with Crippen molar-refractivity contribution in [3.8, 4) is 0 Å². The standard InChI is InChI=1S/C7H5N3O2/c11-6-5-4-1-3(8-4)2-10(5)7(12)9-6/h1-2H2,(H,9,11,12). The molecule has 12 heavy (non-hydrogen) atoms. The van der Waals surface area contributed by atoms with Gasteiger partial charge in [0.15, 0.2) is 0 Å². The average Bonchev–Trinajstić information content (AvgIpc) is 2.27.